The lowest BCUT2D eigenvalue weighted by atomic mass is 9.45. The van der Waals surface area contributed by atoms with Crippen LogP contribution in [-0.2, 0) is 19.0 Å². The maximum Gasteiger partial charge on any atom is 0.334 e. The van der Waals surface area contributed by atoms with Gasteiger partial charge in [0.05, 0.1) is 11.3 Å². The number of nitrogens with zero attached hydrogens (tertiary/aromatic N) is 1. The van der Waals surface area contributed by atoms with Gasteiger partial charge in [0.2, 0.25) is 0 Å². The van der Waals surface area contributed by atoms with Crippen LogP contribution in [0.4, 0.5) is 0 Å². The number of fused-ring (bicyclic) bond motifs is 2. The van der Waals surface area contributed by atoms with Crippen LogP contribution in [0.15, 0.2) is 16.1 Å². The van der Waals surface area contributed by atoms with Crippen molar-refractivity contribution in [3.8, 4) is 0 Å². The van der Waals surface area contributed by atoms with Gasteiger partial charge in [-0.05, 0) is 48.9 Å². The topological polar surface area (TPSA) is 104 Å². The summed E-state index contributed by atoms with van der Waals surface area (Å²) in [6.45, 7) is 6.24. The van der Waals surface area contributed by atoms with Gasteiger partial charge in [0.1, 0.15) is 36.1 Å². The largest absolute Gasteiger partial charge is 0.458 e. The van der Waals surface area contributed by atoms with Crippen LogP contribution >= 0.6 is 12.2 Å². The number of cyclic esters (lactones) is 1. The number of aliphatic hydroxyl groups excluding tert-OH is 1. The summed E-state index contributed by atoms with van der Waals surface area (Å²) in [5.41, 5.74) is -1.72. The molecule has 6 rings (SSSR count). The maximum absolute atomic E-state index is 12.1. The predicted molar refractivity (Wildman–Crippen MR) is 103 cm³/mol. The average Bonchev–Trinajstić information content (AvgIpc) is 3.56. The number of aliphatic imine (C=N–C) groups is 1. The molecule has 7 nitrogen and oxygen atoms in total. The Kier molecular flexibility index (Phi) is 3.32. The van der Waals surface area contributed by atoms with Crippen LogP contribution in [0, 0.1) is 17.3 Å². The molecule has 4 fully saturated rings. The minimum Gasteiger partial charge on any atom is -0.458 e. The fourth-order valence-corrected chi connectivity index (χ4v) is 7.64. The van der Waals surface area contributed by atoms with E-state index in [9.17, 15) is 15.0 Å². The Morgan fingerprint density at radius 1 is 1.34 bits per heavy atom. The number of thiocarbonyl (C=S) groups is 1. The van der Waals surface area contributed by atoms with E-state index in [1.807, 2.05) is 13.8 Å². The van der Waals surface area contributed by atoms with E-state index in [4.69, 9.17) is 26.4 Å². The van der Waals surface area contributed by atoms with Gasteiger partial charge in [0.25, 0.3) is 0 Å². The zero-order valence-corrected chi connectivity index (χ0v) is 17.5. The Labute approximate surface area is 174 Å². The molecule has 3 aliphatic heterocycles. The molecule has 9 atom stereocenters. The van der Waals surface area contributed by atoms with Crippen molar-refractivity contribution >= 4 is 23.3 Å². The summed E-state index contributed by atoms with van der Waals surface area (Å²) < 4.78 is 18.1. The van der Waals surface area contributed by atoms with E-state index in [1.54, 1.807) is 0 Å². The molecule has 2 N–H and O–H groups in total. The highest BCUT2D eigenvalue weighted by Gasteiger charge is 2.96. The van der Waals surface area contributed by atoms with E-state index >= 15 is 0 Å². The predicted octanol–water partition coefficient (Wildman–Crippen LogP) is 1.17. The van der Waals surface area contributed by atoms with Crippen LogP contribution in [0.3, 0.4) is 0 Å². The number of carbonyl (C=O) groups excluding carboxylic acids is 1. The van der Waals surface area contributed by atoms with Crippen molar-refractivity contribution in [2.24, 2.45) is 22.2 Å². The second-order valence-electron chi connectivity index (χ2n) is 10.1. The standard InChI is InChI=1S/C21H25NO6S/c1-9(2)19(25)14(22-8-29)15-21(28-15)18(3)5-4-10-11(7-26-16(10)23)12(18)6-13-20(21,27-13)17(19)24/h9,12-15,17,24-25H,4-7H2,1-3H3/t12?,13-,14+,15-,17+,18-,19-,20+,21+/m0/s1. The van der Waals surface area contributed by atoms with E-state index < -0.39 is 35.1 Å². The third-order valence-corrected chi connectivity index (χ3v) is 9.20. The summed E-state index contributed by atoms with van der Waals surface area (Å²) in [7, 11) is 0. The van der Waals surface area contributed by atoms with Crippen LogP contribution in [0.1, 0.15) is 40.0 Å². The first-order valence-corrected chi connectivity index (χ1v) is 10.8. The number of rotatable bonds is 2. The van der Waals surface area contributed by atoms with E-state index in [-0.39, 0.29) is 29.3 Å². The molecular weight excluding hydrogens is 394 g/mol. The monoisotopic (exact) mass is 419 g/mol. The van der Waals surface area contributed by atoms with Crippen LogP contribution in [0.25, 0.3) is 0 Å². The molecule has 0 bridgehead atoms. The molecule has 3 aliphatic carbocycles. The van der Waals surface area contributed by atoms with Gasteiger partial charge >= 0.3 is 5.97 Å². The number of esters is 1. The number of epoxide rings is 2. The average molecular weight is 419 g/mol. The minimum absolute atomic E-state index is 0.0814. The number of isothiocyanates is 1. The first-order valence-electron chi connectivity index (χ1n) is 10.4. The second kappa shape index (κ2) is 5.18. The molecule has 29 heavy (non-hydrogen) atoms. The SMILES string of the molecule is CC(C)[C@]1(O)[C@H](N=C=S)[C@@H]2O[C@]23[C@]2(O[C@H]2CC2C4=C(CC[C@@]23C)C(=O)OC4)[C@@H]1O. The zero-order chi connectivity index (χ0) is 20.6. The van der Waals surface area contributed by atoms with E-state index in [0.29, 0.717) is 19.4 Å². The summed E-state index contributed by atoms with van der Waals surface area (Å²) in [6.07, 6.45) is 0.269. The summed E-state index contributed by atoms with van der Waals surface area (Å²) in [5, 5.41) is 25.6. The van der Waals surface area contributed by atoms with Crippen molar-refractivity contribution in [2.75, 3.05) is 6.61 Å². The van der Waals surface area contributed by atoms with Crippen molar-refractivity contribution in [3.63, 3.8) is 0 Å². The van der Waals surface area contributed by atoms with Crippen LogP contribution in [0.5, 0.6) is 0 Å². The Morgan fingerprint density at radius 3 is 2.79 bits per heavy atom. The Balaban J connectivity index is 1.52. The molecule has 0 radical (unpaired) electrons. The molecular formula is C21H25NO6S. The van der Waals surface area contributed by atoms with Gasteiger partial charge < -0.3 is 24.4 Å². The zero-order valence-electron chi connectivity index (χ0n) is 16.7. The minimum atomic E-state index is -1.51. The van der Waals surface area contributed by atoms with Gasteiger partial charge in [-0.2, -0.15) is 0 Å². The quantitative estimate of drug-likeness (QED) is 0.300. The molecule has 3 heterocycles. The lowest BCUT2D eigenvalue weighted by molar-refractivity contribution is -0.186. The molecule has 6 aliphatic rings. The highest BCUT2D eigenvalue weighted by Crippen LogP contribution is 2.80. The summed E-state index contributed by atoms with van der Waals surface area (Å²) >= 11 is 4.87. The van der Waals surface area contributed by atoms with Crippen LogP contribution in [0.2, 0.25) is 0 Å². The third-order valence-electron chi connectivity index (χ3n) is 9.09. The molecule has 1 unspecified atom stereocenters. The highest BCUT2D eigenvalue weighted by molar-refractivity contribution is 7.78. The molecule has 2 saturated heterocycles. The van der Waals surface area contributed by atoms with Crippen molar-refractivity contribution in [2.45, 2.75) is 81.2 Å². The van der Waals surface area contributed by atoms with Gasteiger partial charge in [0.15, 0.2) is 5.60 Å². The summed E-state index contributed by atoms with van der Waals surface area (Å²) in [4.78, 5) is 16.4. The first kappa shape index (κ1) is 18.6. The van der Waals surface area contributed by atoms with Gasteiger partial charge in [-0.25, -0.2) is 9.79 Å². The van der Waals surface area contributed by atoms with Crippen molar-refractivity contribution in [1.82, 2.24) is 0 Å². The number of aliphatic hydroxyl groups is 2. The highest BCUT2D eigenvalue weighted by atomic mass is 32.1. The number of carbonyl (C=O) groups is 1. The number of ether oxygens (including phenoxy) is 3. The molecule has 2 saturated carbocycles. The van der Waals surface area contributed by atoms with Gasteiger partial charge in [0, 0.05) is 11.0 Å². The van der Waals surface area contributed by atoms with E-state index in [1.165, 1.54) is 0 Å². The van der Waals surface area contributed by atoms with Gasteiger partial charge in [-0.3, -0.25) is 0 Å². The second-order valence-corrected chi connectivity index (χ2v) is 10.3. The summed E-state index contributed by atoms with van der Waals surface area (Å²) in [5.74, 6) is -0.400. The molecule has 156 valence electrons. The smallest absolute Gasteiger partial charge is 0.334 e. The fourth-order valence-electron chi connectivity index (χ4n) is 7.53. The van der Waals surface area contributed by atoms with Gasteiger partial charge in [-0.15, -0.1) is 0 Å². The van der Waals surface area contributed by atoms with Gasteiger partial charge in [-0.1, -0.05) is 20.8 Å². The lowest BCUT2D eigenvalue weighted by Crippen LogP contribution is -2.75. The Morgan fingerprint density at radius 2 is 2.10 bits per heavy atom. The molecule has 0 aromatic carbocycles. The van der Waals surface area contributed by atoms with Crippen LogP contribution < -0.4 is 0 Å². The Bertz CT molecular complexity index is 928. The lowest BCUT2D eigenvalue weighted by Gasteiger charge is -2.56. The molecule has 8 heteroatoms. The normalized spacial score (nSPS) is 56.3. The van der Waals surface area contributed by atoms with Crippen molar-refractivity contribution in [1.29, 1.82) is 0 Å². The molecule has 2 spiro atoms. The van der Waals surface area contributed by atoms with Crippen LogP contribution in [-0.4, -0.2) is 69.1 Å². The fraction of sp³-hybridized carbons (Fsp3) is 0.810. The number of hydrogen-bond acceptors (Lipinski definition) is 8. The molecule has 0 aromatic heterocycles. The molecule has 0 aromatic rings. The molecule has 0 amide bonds. The van der Waals surface area contributed by atoms with Crippen molar-refractivity contribution < 1.29 is 29.2 Å². The summed E-state index contributed by atoms with van der Waals surface area (Å²) in [6, 6.07) is -0.710. The first-order chi connectivity index (χ1) is 13.7. The number of hydrogen-bond donors (Lipinski definition) is 2. The van der Waals surface area contributed by atoms with Crippen molar-refractivity contribution in [3.05, 3.63) is 11.1 Å². The maximum atomic E-state index is 12.1. The van der Waals surface area contributed by atoms with E-state index in [2.05, 4.69) is 17.1 Å². The Hall–Kier alpha value is -1.15. The van der Waals surface area contributed by atoms with E-state index in [0.717, 1.165) is 17.6 Å². The third kappa shape index (κ3) is 1.70.